The fourth-order valence-electron chi connectivity index (χ4n) is 6.46. The lowest BCUT2D eigenvalue weighted by Crippen LogP contribution is -2.16. The molecule has 2 atom stereocenters. The number of halogens is 4. The lowest BCUT2D eigenvalue weighted by atomic mass is 9.88. The third-order valence-electron chi connectivity index (χ3n) is 8.82. The van der Waals surface area contributed by atoms with Gasteiger partial charge >= 0.3 is 11.9 Å². The van der Waals surface area contributed by atoms with E-state index in [2.05, 4.69) is 12.1 Å². The largest absolute Gasteiger partial charge is 0.508 e. The minimum absolute atomic E-state index is 0.00509. The number of fused-ring (bicyclic) bond motifs is 1. The minimum Gasteiger partial charge on any atom is -0.508 e. The number of phenolic OH excluding ortho intramolecular Hbond substituents is 1. The van der Waals surface area contributed by atoms with Crippen molar-refractivity contribution in [3.8, 4) is 11.5 Å². The van der Waals surface area contributed by atoms with Gasteiger partial charge in [0.05, 0.1) is 26.1 Å². The van der Waals surface area contributed by atoms with E-state index < -0.39 is 47.0 Å². The van der Waals surface area contributed by atoms with Gasteiger partial charge in [0, 0.05) is 36.8 Å². The Labute approximate surface area is 306 Å². The molecule has 0 bridgehead atoms. The van der Waals surface area contributed by atoms with E-state index in [0.29, 0.717) is 16.7 Å². The molecule has 2 unspecified atom stereocenters. The number of phenols is 1. The van der Waals surface area contributed by atoms with Crippen LogP contribution in [-0.2, 0) is 31.9 Å². The summed E-state index contributed by atoms with van der Waals surface area (Å²) in [5.74, 6) is -3.91. The van der Waals surface area contributed by atoms with E-state index in [1.807, 2.05) is 36.4 Å². The monoisotopic (exact) mass is 728 g/mol. The molecule has 53 heavy (non-hydrogen) atoms. The molecule has 10 heteroatoms. The summed E-state index contributed by atoms with van der Waals surface area (Å²) in [6, 6.07) is 28.3. The Hall–Kier alpha value is -5.64. The van der Waals surface area contributed by atoms with E-state index >= 15 is 0 Å². The second-order valence-corrected chi connectivity index (χ2v) is 12.6. The molecule has 1 aliphatic carbocycles. The molecule has 6 rings (SSSR count). The van der Waals surface area contributed by atoms with Crippen molar-refractivity contribution in [1.82, 2.24) is 0 Å². The molecule has 0 fully saturated rings. The fourth-order valence-corrected chi connectivity index (χ4v) is 6.46. The predicted octanol–water partition coefficient (Wildman–Crippen LogP) is 9.35. The van der Waals surface area contributed by atoms with Crippen LogP contribution in [0.5, 0.6) is 11.5 Å². The number of aromatic hydroxyl groups is 1. The Bertz CT molecular complexity index is 1930. The van der Waals surface area contributed by atoms with Crippen LogP contribution in [0, 0.1) is 23.3 Å². The van der Waals surface area contributed by atoms with Gasteiger partial charge in [-0.25, -0.2) is 17.6 Å². The van der Waals surface area contributed by atoms with Gasteiger partial charge in [-0.05, 0) is 95.8 Å². The Morgan fingerprint density at radius 2 is 1.00 bits per heavy atom. The average molecular weight is 729 g/mol. The highest BCUT2D eigenvalue weighted by Gasteiger charge is 2.24. The standard InChI is InChI=1S/C26H24F2O3.C17H16F2O3/c1-2-30-26(29)16-25(20-11-21(27)15-22(28)12-20)17-7-9-23(10-8-17)31-24-13-18-5-3-4-6-19(18)14-24;1-2-22-17(21)10-16(11-3-5-15(20)6-4-11)12-7-13(18)9-14(19)8-12/h3-12,15,24-25H,2,13-14,16H2,1H3;3-9,16,20H,2,10H2,1H3. The number of carbonyl (C=O) groups excluding carboxylic acids is 2. The molecule has 0 amide bonds. The second kappa shape index (κ2) is 18.2. The van der Waals surface area contributed by atoms with Crippen LogP contribution in [0.15, 0.2) is 109 Å². The second-order valence-electron chi connectivity index (χ2n) is 12.6. The molecule has 1 aliphatic rings. The van der Waals surface area contributed by atoms with Crippen molar-refractivity contribution >= 4 is 11.9 Å². The molecule has 0 spiro atoms. The molecule has 0 heterocycles. The number of rotatable bonds is 12. The SMILES string of the molecule is CCOC(=O)CC(c1ccc(O)cc1)c1cc(F)cc(F)c1.CCOC(=O)CC(c1ccc(OC2Cc3ccccc3C2)cc1)c1cc(F)cc(F)c1. The van der Waals surface area contributed by atoms with E-state index in [1.165, 1.54) is 47.5 Å². The number of hydrogen-bond acceptors (Lipinski definition) is 6. The molecule has 0 aromatic heterocycles. The van der Waals surface area contributed by atoms with Crippen molar-refractivity contribution in [1.29, 1.82) is 0 Å². The maximum Gasteiger partial charge on any atom is 0.306 e. The van der Waals surface area contributed by atoms with Crippen LogP contribution in [0.2, 0.25) is 0 Å². The molecular formula is C43H40F4O6. The zero-order valence-corrected chi connectivity index (χ0v) is 29.4. The maximum atomic E-state index is 13.8. The Kier molecular flexibility index (Phi) is 13.3. The van der Waals surface area contributed by atoms with Crippen molar-refractivity contribution in [2.45, 2.75) is 57.5 Å². The highest BCUT2D eigenvalue weighted by Crippen LogP contribution is 2.33. The smallest absolute Gasteiger partial charge is 0.306 e. The van der Waals surface area contributed by atoms with Gasteiger partial charge in [-0.2, -0.15) is 0 Å². The van der Waals surface area contributed by atoms with Crippen LogP contribution < -0.4 is 4.74 Å². The molecule has 1 N–H and O–H groups in total. The Morgan fingerprint density at radius 3 is 1.40 bits per heavy atom. The van der Waals surface area contributed by atoms with Crippen LogP contribution in [0.25, 0.3) is 0 Å². The van der Waals surface area contributed by atoms with Gasteiger partial charge in [-0.1, -0.05) is 48.5 Å². The first kappa shape index (κ1) is 38.6. The number of carbonyl (C=O) groups is 2. The molecule has 0 saturated carbocycles. The Morgan fingerprint density at radius 1 is 0.604 bits per heavy atom. The summed E-state index contributed by atoms with van der Waals surface area (Å²) in [5, 5.41) is 9.35. The summed E-state index contributed by atoms with van der Waals surface area (Å²) in [6.45, 7) is 3.90. The van der Waals surface area contributed by atoms with Gasteiger partial charge in [0.2, 0.25) is 0 Å². The van der Waals surface area contributed by atoms with E-state index in [-0.39, 0.29) is 37.9 Å². The van der Waals surface area contributed by atoms with Gasteiger partial charge in [0.1, 0.15) is 40.9 Å². The average Bonchev–Trinajstić information content (AvgIpc) is 3.53. The third kappa shape index (κ3) is 10.9. The zero-order chi connectivity index (χ0) is 37.9. The van der Waals surface area contributed by atoms with Gasteiger partial charge in [-0.15, -0.1) is 0 Å². The summed E-state index contributed by atoms with van der Waals surface area (Å²) in [4.78, 5) is 23.9. The summed E-state index contributed by atoms with van der Waals surface area (Å²) >= 11 is 0. The molecule has 0 aliphatic heterocycles. The molecule has 0 saturated heterocycles. The molecule has 6 nitrogen and oxygen atoms in total. The number of benzene rings is 5. The van der Waals surface area contributed by atoms with Gasteiger partial charge < -0.3 is 19.3 Å². The van der Waals surface area contributed by atoms with Crippen molar-refractivity contribution in [3.05, 3.63) is 166 Å². The summed E-state index contributed by atoms with van der Waals surface area (Å²) < 4.78 is 70.7. The minimum atomic E-state index is -0.706. The van der Waals surface area contributed by atoms with Crippen molar-refractivity contribution < 1.29 is 46.5 Å². The van der Waals surface area contributed by atoms with E-state index in [9.17, 15) is 32.3 Å². The van der Waals surface area contributed by atoms with Gasteiger partial charge in [-0.3, -0.25) is 9.59 Å². The van der Waals surface area contributed by atoms with Crippen molar-refractivity contribution in [3.63, 3.8) is 0 Å². The summed E-state index contributed by atoms with van der Waals surface area (Å²) in [7, 11) is 0. The molecule has 5 aromatic carbocycles. The quantitative estimate of drug-likeness (QED) is 0.102. The fraction of sp³-hybridized carbons (Fsp3) is 0.256. The topological polar surface area (TPSA) is 82.1 Å². The first-order chi connectivity index (χ1) is 25.5. The highest BCUT2D eigenvalue weighted by molar-refractivity contribution is 5.72. The molecule has 276 valence electrons. The maximum absolute atomic E-state index is 13.8. The van der Waals surface area contributed by atoms with E-state index in [0.717, 1.165) is 36.3 Å². The molecule has 5 aromatic rings. The molecular weight excluding hydrogens is 688 g/mol. The highest BCUT2D eigenvalue weighted by atomic mass is 19.1. The number of ether oxygens (including phenoxy) is 3. The zero-order valence-electron chi connectivity index (χ0n) is 29.4. The van der Waals surface area contributed by atoms with Crippen molar-refractivity contribution in [2.75, 3.05) is 13.2 Å². The normalized spacial score (nSPS) is 13.2. The van der Waals surface area contributed by atoms with Gasteiger partial charge in [0.15, 0.2) is 0 Å². The van der Waals surface area contributed by atoms with Crippen LogP contribution >= 0.6 is 0 Å². The summed E-state index contributed by atoms with van der Waals surface area (Å²) in [6.07, 6.45) is 1.77. The summed E-state index contributed by atoms with van der Waals surface area (Å²) in [5.41, 5.74) is 4.79. The number of hydrogen-bond donors (Lipinski definition) is 1. The van der Waals surface area contributed by atoms with Crippen LogP contribution in [0.4, 0.5) is 17.6 Å². The van der Waals surface area contributed by atoms with Crippen LogP contribution in [0.3, 0.4) is 0 Å². The van der Waals surface area contributed by atoms with Crippen LogP contribution in [0.1, 0.15) is 71.9 Å². The number of esters is 2. The van der Waals surface area contributed by atoms with E-state index in [4.69, 9.17) is 14.2 Å². The lowest BCUT2D eigenvalue weighted by Gasteiger charge is -2.19. The van der Waals surface area contributed by atoms with E-state index in [1.54, 1.807) is 26.0 Å². The Balaban J connectivity index is 0.000000217. The first-order valence-electron chi connectivity index (χ1n) is 17.4. The van der Waals surface area contributed by atoms with Crippen molar-refractivity contribution in [2.24, 2.45) is 0 Å². The van der Waals surface area contributed by atoms with Gasteiger partial charge in [0.25, 0.3) is 0 Å². The third-order valence-corrected chi connectivity index (χ3v) is 8.82. The lowest BCUT2D eigenvalue weighted by molar-refractivity contribution is -0.144. The predicted molar refractivity (Wildman–Crippen MR) is 192 cm³/mol. The molecule has 0 radical (unpaired) electrons. The van der Waals surface area contributed by atoms with Crippen LogP contribution in [-0.4, -0.2) is 36.4 Å². The first-order valence-corrected chi connectivity index (χ1v) is 17.4.